The summed E-state index contributed by atoms with van der Waals surface area (Å²) in [4.78, 5) is 2.49. The van der Waals surface area contributed by atoms with Crippen LogP contribution >= 0.6 is 27.5 Å². The van der Waals surface area contributed by atoms with Gasteiger partial charge in [-0.25, -0.2) is 0 Å². The molecule has 0 saturated carbocycles. The number of rotatable bonds is 4. The van der Waals surface area contributed by atoms with Crippen LogP contribution in [-0.4, -0.2) is 28.9 Å². The number of fused-ring (bicyclic) bond motifs is 1. The van der Waals surface area contributed by atoms with Gasteiger partial charge in [0.25, 0.3) is 0 Å². The summed E-state index contributed by atoms with van der Waals surface area (Å²) in [5, 5.41) is 1.20. The number of hydrogen-bond donors (Lipinski definition) is 0. The monoisotopic (exact) mass is 410 g/mol. The molecule has 0 aliphatic carbocycles. The van der Waals surface area contributed by atoms with E-state index in [-0.39, 0.29) is 0 Å². The van der Waals surface area contributed by atoms with Crippen molar-refractivity contribution in [1.82, 2.24) is 9.27 Å². The molecule has 4 rings (SSSR count). The summed E-state index contributed by atoms with van der Waals surface area (Å²) in [6, 6.07) is 14.7. The van der Waals surface area contributed by atoms with Crippen molar-refractivity contribution in [2.45, 2.75) is 19.3 Å². The lowest BCUT2D eigenvalue weighted by atomic mass is 10.1. The molecule has 0 spiro atoms. The van der Waals surface area contributed by atoms with Crippen molar-refractivity contribution < 1.29 is 0 Å². The Hall–Kier alpha value is -1.67. The average molecular weight is 411 g/mol. The Balaban J connectivity index is 1.47. The molecule has 2 heterocycles. The van der Waals surface area contributed by atoms with E-state index in [4.69, 9.17) is 0 Å². The van der Waals surface area contributed by atoms with E-state index in [0.717, 1.165) is 27.7 Å². The van der Waals surface area contributed by atoms with Gasteiger partial charge in [-0.15, -0.1) is 0 Å². The predicted molar refractivity (Wildman–Crippen MR) is 110 cm³/mol. The van der Waals surface area contributed by atoms with Crippen LogP contribution in [0, 0.1) is 11.8 Å². The molecule has 0 amide bonds. The third kappa shape index (κ3) is 3.95. The number of unbranched alkanes of at least 4 members (excludes halogenated alkanes) is 1. The molecule has 4 heteroatoms. The Labute approximate surface area is 161 Å². The lowest BCUT2D eigenvalue weighted by Gasteiger charge is -2.30. The summed E-state index contributed by atoms with van der Waals surface area (Å²) in [6.07, 6.45) is 3.51. The molecular formula is C21H19BrN2S. The third-order valence-corrected chi connectivity index (χ3v) is 5.88. The van der Waals surface area contributed by atoms with Gasteiger partial charge in [0, 0.05) is 27.4 Å². The molecular weight excluding hydrogens is 392 g/mol. The molecule has 1 aliphatic rings. The van der Waals surface area contributed by atoms with E-state index < -0.39 is 0 Å². The first-order chi connectivity index (χ1) is 12.3. The Morgan fingerprint density at radius 2 is 1.96 bits per heavy atom. The maximum atomic E-state index is 4.65. The Kier molecular flexibility index (Phi) is 5.17. The van der Waals surface area contributed by atoms with Crippen molar-refractivity contribution in [3.05, 3.63) is 52.5 Å². The molecule has 25 heavy (non-hydrogen) atoms. The molecule has 1 fully saturated rings. The number of nitrogens with zero attached hydrogens (tertiary/aromatic N) is 2. The molecule has 1 aromatic heterocycles. The first kappa shape index (κ1) is 16.8. The van der Waals surface area contributed by atoms with Crippen LogP contribution in [0.25, 0.3) is 21.3 Å². The molecule has 0 radical (unpaired) electrons. The van der Waals surface area contributed by atoms with Crippen LogP contribution in [0.3, 0.4) is 0 Å². The van der Waals surface area contributed by atoms with Crippen LogP contribution in [-0.2, 0) is 0 Å². The van der Waals surface area contributed by atoms with Crippen LogP contribution in [0.4, 0.5) is 0 Å². The highest BCUT2D eigenvalue weighted by Crippen LogP contribution is 2.32. The molecule has 0 N–H and O–H groups in total. The van der Waals surface area contributed by atoms with Crippen molar-refractivity contribution in [2.75, 3.05) is 19.6 Å². The van der Waals surface area contributed by atoms with E-state index in [1.54, 1.807) is 11.5 Å². The van der Waals surface area contributed by atoms with Crippen molar-refractivity contribution in [3.8, 4) is 23.1 Å². The van der Waals surface area contributed by atoms with Crippen LogP contribution in [0.2, 0.25) is 0 Å². The van der Waals surface area contributed by atoms with Gasteiger partial charge in [0.2, 0.25) is 0 Å². The number of benzene rings is 2. The van der Waals surface area contributed by atoms with Crippen LogP contribution in [0.1, 0.15) is 24.8 Å². The van der Waals surface area contributed by atoms with Crippen LogP contribution in [0.15, 0.2) is 46.9 Å². The lowest BCUT2D eigenvalue weighted by Crippen LogP contribution is -2.37. The fourth-order valence-corrected chi connectivity index (χ4v) is 4.09. The van der Waals surface area contributed by atoms with Gasteiger partial charge in [0.05, 0.1) is 10.4 Å². The van der Waals surface area contributed by atoms with Crippen molar-refractivity contribution in [1.29, 1.82) is 0 Å². The summed E-state index contributed by atoms with van der Waals surface area (Å²) in [5.74, 6) is 6.62. The second kappa shape index (κ2) is 7.70. The topological polar surface area (TPSA) is 16.1 Å². The molecule has 2 aromatic carbocycles. The highest BCUT2D eigenvalue weighted by molar-refractivity contribution is 9.10. The van der Waals surface area contributed by atoms with Gasteiger partial charge in [0.1, 0.15) is 0 Å². The minimum absolute atomic E-state index is 0.974. The number of aromatic nitrogens is 1. The zero-order chi connectivity index (χ0) is 17.1. The van der Waals surface area contributed by atoms with Gasteiger partial charge in [-0.2, -0.15) is 4.37 Å². The second-order valence-electron chi connectivity index (χ2n) is 6.35. The second-order valence-corrected chi connectivity index (χ2v) is 8.07. The zero-order valence-electron chi connectivity index (χ0n) is 14.0. The molecule has 0 atom stereocenters. The van der Waals surface area contributed by atoms with Crippen LogP contribution < -0.4 is 0 Å². The SMILES string of the molecule is Brc1ccc(-c2nsc3cc(C#CCCCN4CCC4)ccc23)cc1. The van der Waals surface area contributed by atoms with Gasteiger partial charge < -0.3 is 4.90 Å². The van der Waals surface area contributed by atoms with Gasteiger partial charge in [-0.3, -0.25) is 0 Å². The molecule has 2 nitrogen and oxygen atoms in total. The van der Waals surface area contributed by atoms with Crippen molar-refractivity contribution >= 4 is 37.5 Å². The fraction of sp³-hybridized carbons (Fsp3) is 0.286. The Bertz CT molecular complexity index is 930. The van der Waals surface area contributed by atoms with Gasteiger partial charge in [-0.1, -0.05) is 46.0 Å². The zero-order valence-corrected chi connectivity index (χ0v) is 16.4. The minimum atomic E-state index is 0.974. The number of likely N-dealkylation sites (tertiary alicyclic amines) is 1. The fourth-order valence-electron chi connectivity index (χ4n) is 2.99. The van der Waals surface area contributed by atoms with E-state index in [0.29, 0.717) is 0 Å². The number of halogens is 1. The maximum Gasteiger partial charge on any atom is 0.0919 e. The van der Waals surface area contributed by atoms with Gasteiger partial charge in [0.15, 0.2) is 0 Å². The standard InChI is InChI=1S/C21H19BrN2S/c22-18-9-7-17(8-10-18)21-19-11-6-16(15-20(19)25-23-21)5-2-1-3-12-24-13-4-14-24/h6-11,15H,1,3-4,12-14H2. The van der Waals surface area contributed by atoms with Crippen molar-refractivity contribution in [3.63, 3.8) is 0 Å². The quantitative estimate of drug-likeness (QED) is 0.413. The van der Waals surface area contributed by atoms with E-state index in [9.17, 15) is 0 Å². The normalized spacial score (nSPS) is 14.1. The van der Waals surface area contributed by atoms with E-state index in [1.165, 1.54) is 42.6 Å². The highest BCUT2D eigenvalue weighted by atomic mass is 79.9. The Morgan fingerprint density at radius 3 is 2.72 bits per heavy atom. The van der Waals surface area contributed by atoms with E-state index >= 15 is 0 Å². The largest absolute Gasteiger partial charge is 0.303 e. The minimum Gasteiger partial charge on any atom is -0.303 e. The predicted octanol–water partition coefficient (Wildman–Crippen LogP) is 5.56. The Morgan fingerprint density at radius 1 is 1.12 bits per heavy atom. The maximum absolute atomic E-state index is 4.65. The third-order valence-electron chi connectivity index (χ3n) is 4.55. The first-order valence-corrected chi connectivity index (χ1v) is 10.2. The summed E-state index contributed by atoms with van der Waals surface area (Å²) in [6.45, 7) is 3.74. The number of hydrogen-bond acceptors (Lipinski definition) is 3. The van der Waals surface area contributed by atoms with E-state index in [1.807, 2.05) is 0 Å². The summed E-state index contributed by atoms with van der Waals surface area (Å²) < 4.78 is 6.94. The highest BCUT2D eigenvalue weighted by Gasteiger charge is 2.11. The smallest absolute Gasteiger partial charge is 0.0919 e. The van der Waals surface area contributed by atoms with Crippen molar-refractivity contribution in [2.24, 2.45) is 0 Å². The summed E-state index contributed by atoms with van der Waals surface area (Å²) in [5.41, 5.74) is 3.29. The van der Waals surface area contributed by atoms with E-state index in [2.05, 4.69) is 79.5 Å². The lowest BCUT2D eigenvalue weighted by molar-refractivity contribution is 0.180. The van der Waals surface area contributed by atoms with Crippen LogP contribution in [0.5, 0.6) is 0 Å². The molecule has 3 aromatic rings. The average Bonchev–Trinajstić information content (AvgIpc) is 3.00. The van der Waals surface area contributed by atoms with Gasteiger partial charge in [-0.05, 0) is 68.3 Å². The summed E-state index contributed by atoms with van der Waals surface area (Å²) >= 11 is 5.03. The molecule has 126 valence electrons. The molecule has 1 saturated heterocycles. The first-order valence-electron chi connectivity index (χ1n) is 8.66. The molecule has 0 bridgehead atoms. The molecule has 0 unspecified atom stereocenters. The van der Waals surface area contributed by atoms with Gasteiger partial charge >= 0.3 is 0 Å². The summed E-state index contributed by atoms with van der Waals surface area (Å²) in [7, 11) is 0. The molecule has 1 aliphatic heterocycles.